The summed E-state index contributed by atoms with van der Waals surface area (Å²) in [5.74, 6) is 0.486. The van der Waals surface area contributed by atoms with Gasteiger partial charge in [0, 0.05) is 5.38 Å². The first-order valence-corrected chi connectivity index (χ1v) is 8.21. The van der Waals surface area contributed by atoms with Crippen LogP contribution < -0.4 is 5.32 Å². The number of carbonyl (C=O) groups excluding carboxylic acids is 1. The van der Waals surface area contributed by atoms with Crippen LogP contribution in [0.15, 0.2) is 22.9 Å². The Hall–Kier alpha value is -1.84. The third-order valence-electron chi connectivity index (χ3n) is 2.67. The number of nitrogens with one attached hydrogen (secondary N) is 2. The number of thiophene rings is 1. The minimum atomic E-state index is -0.181. The molecule has 108 valence electrons. The summed E-state index contributed by atoms with van der Waals surface area (Å²) in [6.07, 6.45) is 0. The van der Waals surface area contributed by atoms with Crippen LogP contribution in [0.4, 0.5) is 5.13 Å². The molecule has 6 nitrogen and oxygen atoms in total. The predicted molar refractivity (Wildman–Crippen MR) is 86.2 cm³/mol. The van der Waals surface area contributed by atoms with E-state index in [1.54, 1.807) is 15.9 Å². The summed E-state index contributed by atoms with van der Waals surface area (Å²) in [5.41, 5.74) is 0.884. The fourth-order valence-corrected chi connectivity index (χ4v) is 3.40. The number of nitrogens with zero attached hydrogens (tertiary/aromatic N) is 3. The van der Waals surface area contributed by atoms with Crippen LogP contribution >= 0.6 is 34.9 Å². The number of H-pyrrole nitrogens is 1. The second kappa shape index (κ2) is 5.88. The standard InChI is InChI=1S/C12H11N5OS3/c1-7-6-21-11(13-7)14-9(18)5-17-10(15-16-12(17)19)8-3-2-4-20-8/h2-4,6H,5H2,1H3,(H,16,19)(H,13,14,18). The van der Waals surface area contributed by atoms with E-state index in [0.717, 1.165) is 10.6 Å². The van der Waals surface area contributed by atoms with Gasteiger partial charge in [-0.1, -0.05) is 6.07 Å². The van der Waals surface area contributed by atoms with Gasteiger partial charge in [0.15, 0.2) is 15.7 Å². The molecule has 9 heteroatoms. The summed E-state index contributed by atoms with van der Waals surface area (Å²) in [5, 5.41) is 14.1. The highest BCUT2D eigenvalue weighted by molar-refractivity contribution is 7.71. The Morgan fingerprint density at radius 2 is 2.38 bits per heavy atom. The number of aromatic nitrogens is 4. The molecule has 3 aromatic heterocycles. The Balaban J connectivity index is 1.80. The smallest absolute Gasteiger partial charge is 0.246 e. The number of carbonyl (C=O) groups is 1. The summed E-state index contributed by atoms with van der Waals surface area (Å²) >= 11 is 8.13. The quantitative estimate of drug-likeness (QED) is 0.718. The maximum atomic E-state index is 12.1. The van der Waals surface area contributed by atoms with Crippen molar-refractivity contribution in [2.24, 2.45) is 0 Å². The van der Waals surface area contributed by atoms with Crippen molar-refractivity contribution in [3.05, 3.63) is 33.4 Å². The fourth-order valence-electron chi connectivity index (χ4n) is 1.77. The number of aromatic amines is 1. The number of amides is 1. The fraction of sp³-hybridized carbons (Fsp3) is 0.167. The molecular formula is C12H11N5OS3. The van der Waals surface area contributed by atoms with Crippen molar-refractivity contribution in [2.75, 3.05) is 5.32 Å². The SMILES string of the molecule is Cc1csc(NC(=O)Cn2c(-c3cccs3)n[nH]c2=S)n1. The third-order valence-corrected chi connectivity index (χ3v) is 4.72. The zero-order valence-electron chi connectivity index (χ0n) is 11.0. The van der Waals surface area contributed by atoms with Crippen LogP contribution in [-0.4, -0.2) is 25.7 Å². The van der Waals surface area contributed by atoms with E-state index in [-0.39, 0.29) is 12.5 Å². The van der Waals surface area contributed by atoms with Gasteiger partial charge in [-0.3, -0.25) is 14.5 Å². The molecular weight excluding hydrogens is 326 g/mol. The Morgan fingerprint density at radius 3 is 3.05 bits per heavy atom. The van der Waals surface area contributed by atoms with E-state index >= 15 is 0 Å². The van der Waals surface area contributed by atoms with E-state index in [0.29, 0.717) is 15.7 Å². The molecule has 3 rings (SSSR count). The number of anilines is 1. The molecule has 21 heavy (non-hydrogen) atoms. The summed E-state index contributed by atoms with van der Waals surface area (Å²) in [7, 11) is 0. The zero-order valence-corrected chi connectivity index (χ0v) is 13.4. The van der Waals surface area contributed by atoms with Crippen LogP contribution in [0.3, 0.4) is 0 Å². The summed E-state index contributed by atoms with van der Waals surface area (Å²) < 4.78 is 2.10. The highest BCUT2D eigenvalue weighted by atomic mass is 32.1. The molecule has 0 aliphatic carbocycles. The molecule has 3 aromatic rings. The van der Waals surface area contributed by atoms with Gasteiger partial charge >= 0.3 is 0 Å². The number of hydrogen-bond donors (Lipinski definition) is 2. The summed E-state index contributed by atoms with van der Waals surface area (Å²) in [4.78, 5) is 17.3. The molecule has 0 aromatic carbocycles. The second-order valence-electron chi connectivity index (χ2n) is 4.26. The first kappa shape index (κ1) is 14.1. The highest BCUT2D eigenvalue weighted by Gasteiger charge is 2.13. The van der Waals surface area contributed by atoms with Gasteiger partial charge in [-0.25, -0.2) is 4.98 Å². The minimum Gasteiger partial charge on any atom is -0.300 e. The predicted octanol–water partition coefficient (Wildman–Crippen LogP) is 3.07. The van der Waals surface area contributed by atoms with E-state index in [9.17, 15) is 4.79 Å². The van der Waals surface area contributed by atoms with Crippen LogP contribution in [0.1, 0.15) is 5.69 Å². The van der Waals surface area contributed by atoms with Crippen LogP contribution in [0.25, 0.3) is 10.7 Å². The molecule has 0 aliphatic heterocycles. The molecule has 0 fully saturated rings. The Kier molecular flexibility index (Phi) is 3.95. The van der Waals surface area contributed by atoms with Crippen LogP contribution in [0, 0.1) is 11.7 Å². The van der Waals surface area contributed by atoms with Crippen molar-refractivity contribution in [2.45, 2.75) is 13.5 Å². The lowest BCUT2D eigenvalue weighted by Gasteiger charge is -2.05. The molecule has 0 aliphatic rings. The lowest BCUT2D eigenvalue weighted by Crippen LogP contribution is -2.19. The summed E-state index contributed by atoms with van der Waals surface area (Å²) in [6.45, 7) is 1.98. The monoisotopic (exact) mass is 337 g/mol. The number of rotatable bonds is 4. The number of aryl methyl sites for hydroxylation is 1. The van der Waals surface area contributed by atoms with Crippen LogP contribution in [0.5, 0.6) is 0 Å². The molecule has 0 radical (unpaired) electrons. The highest BCUT2D eigenvalue weighted by Crippen LogP contribution is 2.23. The molecule has 0 unspecified atom stereocenters. The van der Waals surface area contributed by atoms with Crippen molar-refractivity contribution >= 4 is 45.9 Å². The zero-order chi connectivity index (χ0) is 14.8. The van der Waals surface area contributed by atoms with Crippen molar-refractivity contribution in [1.29, 1.82) is 0 Å². The second-order valence-corrected chi connectivity index (χ2v) is 6.45. The van der Waals surface area contributed by atoms with Gasteiger partial charge in [-0.05, 0) is 30.6 Å². The molecule has 2 N–H and O–H groups in total. The van der Waals surface area contributed by atoms with E-state index < -0.39 is 0 Å². The Bertz CT molecular complexity index is 814. The van der Waals surface area contributed by atoms with Crippen LogP contribution in [0.2, 0.25) is 0 Å². The van der Waals surface area contributed by atoms with Gasteiger partial charge in [0.2, 0.25) is 5.91 Å². The minimum absolute atomic E-state index is 0.0984. The molecule has 0 saturated carbocycles. The summed E-state index contributed by atoms with van der Waals surface area (Å²) in [6, 6.07) is 3.87. The maximum Gasteiger partial charge on any atom is 0.246 e. The normalized spacial score (nSPS) is 10.7. The van der Waals surface area contributed by atoms with E-state index in [2.05, 4.69) is 20.5 Å². The van der Waals surface area contributed by atoms with E-state index in [1.807, 2.05) is 29.8 Å². The van der Waals surface area contributed by atoms with E-state index in [4.69, 9.17) is 12.2 Å². The van der Waals surface area contributed by atoms with Crippen molar-refractivity contribution < 1.29 is 4.79 Å². The molecule has 0 saturated heterocycles. The third kappa shape index (κ3) is 3.09. The largest absolute Gasteiger partial charge is 0.300 e. The molecule has 0 spiro atoms. The first-order valence-electron chi connectivity index (χ1n) is 6.04. The van der Waals surface area contributed by atoms with Crippen molar-refractivity contribution in [1.82, 2.24) is 19.7 Å². The average molecular weight is 337 g/mol. The topological polar surface area (TPSA) is 75.6 Å². The van der Waals surface area contributed by atoms with Gasteiger partial charge in [0.05, 0.1) is 10.6 Å². The van der Waals surface area contributed by atoms with Crippen LogP contribution in [-0.2, 0) is 11.3 Å². The molecule has 1 amide bonds. The van der Waals surface area contributed by atoms with Crippen molar-refractivity contribution in [3.8, 4) is 10.7 Å². The lowest BCUT2D eigenvalue weighted by molar-refractivity contribution is -0.116. The van der Waals surface area contributed by atoms with Gasteiger partial charge in [-0.15, -0.1) is 22.7 Å². The average Bonchev–Trinajstić information content (AvgIpc) is 3.14. The van der Waals surface area contributed by atoms with Gasteiger partial charge in [0.25, 0.3) is 0 Å². The first-order chi connectivity index (χ1) is 10.1. The molecule has 3 heterocycles. The van der Waals surface area contributed by atoms with Gasteiger partial charge < -0.3 is 5.32 Å². The maximum absolute atomic E-state index is 12.1. The van der Waals surface area contributed by atoms with Crippen molar-refractivity contribution in [3.63, 3.8) is 0 Å². The Morgan fingerprint density at radius 1 is 1.52 bits per heavy atom. The number of thiazole rings is 1. The number of hydrogen-bond acceptors (Lipinski definition) is 6. The van der Waals surface area contributed by atoms with Gasteiger partial charge in [-0.2, -0.15) is 5.10 Å². The molecule has 0 atom stereocenters. The molecule has 0 bridgehead atoms. The van der Waals surface area contributed by atoms with Gasteiger partial charge in [0.1, 0.15) is 6.54 Å². The van der Waals surface area contributed by atoms with E-state index in [1.165, 1.54) is 11.3 Å². The lowest BCUT2D eigenvalue weighted by atomic mass is 10.4. The Labute approximate surface area is 133 Å².